The molecule has 2 fully saturated rings. The normalized spacial score (nSPS) is 24.4. The molecule has 0 bridgehead atoms. The van der Waals surface area contributed by atoms with Crippen molar-refractivity contribution in [1.29, 1.82) is 5.26 Å². The van der Waals surface area contributed by atoms with Gasteiger partial charge in [-0.1, -0.05) is 0 Å². The van der Waals surface area contributed by atoms with Crippen LogP contribution in [0.2, 0.25) is 0 Å². The maximum atomic E-state index is 9.40. The molecule has 6 heteroatoms. The van der Waals surface area contributed by atoms with E-state index in [1.807, 2.05) is 23.9 Å². The van der Waals surface area contributed by atoms with Crippen molar-refractivity contribution in [1.82, 2.24) is 19.7 Å². The summed E-state index contributed by atoms with van der Waals surface area (Å²) in [4.78, 5) is 6.66. The lowest BCUT2D eigenvalue weighted by Crippen LogP contribution is -2.44. The highest BCUT2D eigenvalue weighted by atomic mass is 15.3. The minimum Gasteiger partial charge on any atom is -0.366 e. The number of pyridine rings is 1. The predicted octanol–water partition coefficient (Wildman–Crippen LogP) is 2.24. The van der Waals surface area contributed by atoms with Gasteiger partial charge in [0.05, 0.1) is 17.4 Å². The smallest absolute Gasteiger partial charge is 0.135 e. The minimum absolute atomic E-state index is 0.451. The van der Waals surface area contributed by atoms with Crippen LogP contribution in [0.15, 0.2) is 24.8 Å². The number of aromatic nitrogens is 4. The standard InChI is InChI=1S/C17H20N6/c1-22-11-20-21-17(22)13-5-7-23(15(8-13)12-2-3-12)16-10-19-6-4-14(16)9-18/h4,6,10-13,15H,2-3,5,7-8H2,1H3/t13-,15?/m1/s1. The second-order valence-electron chi connectivity index (χ2n) is 6.62. The Morgan fingerprint density at radius 3 is 2.87 bits per heavy atom. The lowest BCUT2D eigenvalue weighted by molar-refractivity contribution is 0.368. The number of rotatable bonds is 3. The fourth-order valence-corrected chi connectivity index (χ4v) is 3.83. The van der Waals surface area contributed by atoms with Gasteiger partial charge < -0.3 is 9.47 Å². The highest BCUT2D eigenvalue weighted by molar-refractivity contribution is 5.58. The van der Waals surface area contributed by atoms with Crippen molar-refractivity contribution in [3.63, 3.8) is 0 Å². The zero-order valence-corrected chi connectivity index (χ0v) is 13.3. The van der Waals surface area contributed by atoms with Gasteiger partial charge in [0.1, 0.15) is 18.2 Å². The van der Waals surface area contributed by atoms with Crippen LogP contribution in [0.25, 0.3) is 0 Å². The van der Waals surface area contributed by atoms with Gasteiger partial charge in [-0.15, -0.1) is 10.2 Å². The Labute approximate surface area is 135 Å². The molecule has 118 valence electrons. The molecular formula is C17H20N6. The van der Waals surface area contributed by atoms with Crippen LogP contribution >= 0.6 is 0 Å². The van der Waals surface area contributed by atoms with Gasteiger partial charge in [-0.05, 0) is 37.7 Å². The van der Waals surface area contributed by atoms with Crippen molar-refractivity contribution in [2.45, 2.75) is 37.6 Å². The Hall–Kier alpha value is -2.42. The largest absolute Gasteiger partial charge is 0.366 e. The molecule has 1 aliphatic heterocycles. The molecule has 0 aromatic carbocycles. The number of nitrogens with zero attached hydrogens (tertiary/aromatic N) is 6. The van der Waals surface area contributed by atoms with Gasteiger partial charge in [-0.25, -0.2) is 0 Å². The van der Waals surface area contributed by atoms with Crippen molar-refractivity contribution in [3.05, 3.63) is 36.2 Å². The summed E-state index contributed by atoms with van der Waals surface area (Å²) < 4.78 is 2.04. The highest BCUT2D eigenvalue weighted by Crippen LogP contribution is 2.44. The van der Waals surface area contributed by atoms with Crippen LogP contribution < -0.4 is 4.90 Å². The zero-order chi connectivity index (χ0) is 15.8. The summed E-state index contributed by atoms with van der Waals surface area (Å²) in [5, 5.41) is 17.8. The van der Waals surface area contributed by atoms with Crippen molar-refractivity contribution in [2.24, 2.45) is 13.0 Å². The van der Waals surface area contributed by atoms with Crippen LogP contribution in [-0.4, -0.2) is 32.3 Å². The van der Waals surface area contributed by atoms with Crippen molar-refractivity contribution >= 4 is 5.69 Å². The molecule has 23 heavy (non-hydrogen) atoms. The van der Waals surface area contributed by atoms with E-state index >= 15 is 0 Å². The van der Waals surface area contributed by atoms with Crippen molar-refractivity contribution in [3.8, 4) is 6.07 Å². The highest BCUT2D eigenvalue weighted by Gasteiger charge is 2.41. The topological polar surface area (TPSA) is 70.6 Å². The Balaban J connectivity index is 1.63. The average molecular weight is 308 g/mol. The van der Waals surface area contributed by atoms with E-state index in [1.54, 1.807) is 12.5 Å². The van der Waals surface area contributed by atoms with Crippen LogP contribution in [0, 0.1) is 17.2 Å². The molecule has 2 aromatic heterocycles. The SMILES string of the molecule is Cn1cnnc1[C@@H]1CCN(c2cnccc2C#N)C(C2CC2)C1. The molecule has 0 amide bonds. The molecule has 6 nitrogen and oxygen atoms in total. The zero-order valence-electron chi connectivity index (χ0n) is 13.3. The van der Waals surface area contributed by atoms with Gasteiger partial charge in [0, 0.05) is 31.7 Å². The fourth-order valence-electron chi connectivity index (χ4n) is 3.83. The number of nitriles is 1. The first kappa shape index (κ1) is 14.2. The maximum absolute atomic E-state index is 9.40. The first-order valence-electron chi connectivity index (χ1n) is 8.22. The molecule has 2 aliphatic rings. The Kier molecular flexibility index (Phi) is 3.49. The number of hydrogen-bond donors (Lipinski definition) is 0. The summed E-state index contributed by atoms with van der Waals surface area (Å²) >= 11 is 0. The van der Waals surface area contributed by atoms with E-state index in [0.717, 1.165) is 42.4 Å². The first-order valence-corrected chi connectivity index (χ1v) is 8.22. The second-order valence-corrected chi connectivity index (χ2v) is 6.62. The van der Waals surface area contributed by atoms with E-state index in [1.165, 1.54) is 12.8 Å². The van der Waals surface area contributed by atoms with Crippen LogP contribution in [0.1, 0.15) is 43.0 Å². The molecule has 4 rings (SSSR count). The molecule has 3 heterocycles. The van der Waals surface area contributed by atoms with Crippen LogP contribution in [-0.2, 0) is 7.05 Å². The van der Waals surface area contributed by atoms with Gasteiger partial charge in [-0.2, -0.15) is 5.26 Å². The van der Waals surface area contributed by atoms with Crippen LogP contribution in [0.4, 0.5) is 5.69 Å². The molecule has 1 saturated carbocycles. The Bertz CT molecular complexity index is 742. The second kappa shape index (κ2) is 5.65. The molecule has 0 spiro atoms. The third-order valence-corrected chi connectivity index (χ3v) is 5.15. The molecular weight excluding hydrogens is 288 g/mol. The maximum Gasteiger partial charge on any atom is 0.135 e. The molecule has 1 unspecified atom stereocenters. The van der Waals surface area contributed by atoms with Crippen LogP contribution in [0.5, 0.6) is 0 Å². The van der Waals surface area contributed by atoms with E-state index < -0.39 is 0 Å². The number of aryl methyl sites for hydroxylation is 1. The lowest BCUT2D eigenvalue weighted by Gasteiger charge is -2.41. The summed E-state index contributed by atoms with van der Waals surface area (Å²) in [6, 6.07) is 4.60. The monoisotopic (exact) mass is 308 g/mol. The quantitative estimate of drug-likeness (QED) is 0.869. The number of anilines is 1. The number of hydrogen-bond acceptors (Lipinski definition) is 5. The van der Waals surface area contributed by atoms with Crippen LogP contribution in [0.3, 0.4) is 0 Å². The van der Waals surface area contributed by atoms with Gasteiger partial charge in [0.15, 0.2) is 0 Å². The third kappa shape index (κ3) is 2.56. The van der Waals surface area contributed by atoms with E-state index in [9.17, 15) is 5.26 Å². The predicted molar refractivity (Wildman–Crippen MR) is 85.8 cm³/mol. The Morgan fingerprint density at radius 1 is 1.30 bits per heavy atom. The summed E-state index contributed by atoms with van der Waals surface area (Å²) in [5.41, 5.74) is 1.71. The van der Waals surface area contributed by atoms with E-state index in [-0.39, 0.29) is 0 Å². The van der Waals surface area contributed by atoms with Gasteiger partial charge in [0.2, 0.25) is 0 Å². The summed E-state index contributed by atoms with van der Waals surface area (Å²) in [5.74, 6) is 2.27. The lowest BCUT2D eigenvalue weighted by atomic mass is 9.87. The molecule has 0 N–H and O–H groups in total. The molecule has 2 atom stereocenters. The van der Waals surface area contributed by atoms with Gasteiger partial charge >= 0.3 is 0 Å². The summed E-state index contributed by atoms with van der Waals surface area (Å²) in [6.45, 7) is 0.944. The third-order valence-electron chi connectivity index (χ3n) is 5.15. The van der Waals surface area contributed by atoms with Gasteiger partial charge in [-0.3, -0.25) is 4.98 Å². The molecule has 1 aliphatic carbocycles. The van der Waals surface area contributed by atoms with Crippen molar-refractivity contribution < 1.29 is 0 Å². The molecule has 1 saturated heterocycles. The van der Waals surface area contributed by atoms with E-state index in [2.05, 4.69) is 26.2 Å². The van der Waals surface area contributed by atoms with E-state index in [4.69, 9.17) is 0 Å². The minimum atomic E-state index is 0.451. The Morgan fingerprint density at radius 2 is 2.17 bits per heavy atom. The number of piperidine rings is 1. The van der Waals surface area contributed by atoms with Gasteiger partial charge in [0.25, 0.3) is 0 Å². The van der Waals surface area contributed by atoms with Crippen molar-refractivity contribution in [2.75, 3.05) is 11.4 Å². The molecule has 2 aromatic rings. The summed E-state index contributed by atoms with van der Waals surface area (Å²) in [7, 11) is 2.02. The van der Waals surface area contributed by atoms with E-state index in [0.29, 0.717) is 12.0 Å². The molecule has 0 radical (unpaired) electrons. The first-order chi connectivity index (χ1) is 11.3. The fraction of sp³-hybridized carbons (Fsp3) is 0.529. The summed E-state index contributed by atoms with van der Waals surface area (Å²) in [6.07, 6.45) is 10.0. The average Bonchev–Trinajstić information content (AvgIpc) is 3.35.